The van der Waals surface area contributed by atoms with Gasteiger partial charge < -0.3 is 14.9 Å². The fraction of sp³-hybridized carbons (Fsp3) is 0.452. The summed E-state index contributed by atoms with van der Waals surface area (Å²) in [5, 5.41) is 21.6. The first kappa shape index (κ1) is 26.6. The monoisotopic (exact) mass is 562 g/mol. The third kappa shape index (κ3) is 4.53. The maximum absolute atomic E-state index is 16.5. The van der Waals surface area contributed by atoms with Crippen LogP contribution in [0.4, 0.5) is 14.6 Å². The molecule has 3 N–H and O–H groups in total. The van der Waals surface area contributed by atoms with Crippen LogP contribution in [0.3, 0.4) is 0 Å². The smallest absolute Gasteiger partial charge is 0.322 e. The molecule has 7 rings (SSSR count). The Bertz CT molecular complexity index is 1600. The van der Waals surface area contributed by atoms with Gasteiger partial charge in [0.2, 0.25) is 5.82 Å². The van der Waals surface area contributed by atoms with E-state index in [1.165, 1.54) is 6.07 Å². The summed E-state index contributed by atoms with van der Waals surface area (Å²) in [6, 6.07) is 10.1. The van der Waals surface area contributed by atoms with Gasteiger partial charge in [-0.3, -0.25) is 14.8 Å². The number of halogens is 2. The standard InChI is InChI=1S/C31H33F2N5O3/c32-23-8-2-6-19-5-1-7-21(25(19)23)27-26(33)28-22(15-34-27)29(37-14-9-24(40)20(16-37)17-39)36-30(35-28)41-18-31-10-3-12-38(31)13-4-11-31/h1-2,5-8,15,20,24,39-40H,3-4,9-14,16-18H2/p+1. The van der Waals surface area contributed by atoms with Gasteiger partial charge in [0.15, 0.2) is 5.82 Å². The van der Waals surface area contributed by atoms with E-state index in [-0.39, 0.29) is 35.3 Å². The van der Waals surface area contributed by atoms with Crippen molar-refractivity contribution in [2.45, 2.75) is 43.7 Å². The number of pyridine rings is 1. The van der Waals surface area contributed by atoms with E-state index in [0.717, 1.165) is 43.7 Å². The zero-order valence-electron chi connectivity index (χ0n) is 22.8. The van der Waals surface area contributed by atoms with Gasteiger partial charge in [-0.15, -0.1) is 4.98 Å². The third-order valence-corrected chi connectivity index (χ3v) is 9.42. The normalized spacial score (nSPS) is 24.2. The maximum Gasteiger partial charge on any atom is 0.322 e. The molecule has 0 amide bonds. The third-order valence-electron chi connectivity index (χ3n) is 9.42. The lowest BCUT2D eigenvalue weighted by Gasteiger charge is -2.32. The highest BCUT2D eigenvalue weighted by Crippen LogP contribution is 2.39. The molecule has 2 aromatic heterocycles. The Morgan fingerprint density at radius 2 is 1.85 bits per heavy atom. The number of hydrogen-bond acceptors (Lipinski definition) is 7. The minimum absolute atomic E-state index is 0.0115. The van der Waals surface area contributed by atoms with Crippen molar-refractivity contribution in [1.82, 2.24) is 19.9 Å². The number of piperidine rings is 1. The first-order valence-electron chi connectivity index (χ1n) is 14.5. The van der Waals surface area contributed by atoms with Crippen molar-refractivity contribution in [3.8, 4) is 17.3 Å². The molecular weight excluding hydrogens is 528 g/mol. The lowest BCUT2D eigenvalue weighted by molar-refractivity contribution is -0.846. The SMILES string of the molecule is OCC1C[NH+](c2nc(OCC34CCCN3CCC4)nc3c(F)c(-c4cccc5cccc(F)c45)ncc23)CCC1O. The molecule has 3 aliphatic rings. The molecule has 3 atom stereocenters. The summed E-state index contributed by atoms with van der Waals surface area (Å²) in [5.74, 6) is -0.906. The molecule has 10 heteroatoms. The number of aromatic nitrogens is 3. The van der Waals surface area contributed by atoms with Crippen LogP contribution in [0.5, 0.6) is 6.01 Å². The lowest BCUT2D eigenvalue weighted by Crippen LogP contribution is -3.10. The molecule has 0 bridgehead atoms. The van der Waals surface area contributed by atoms with Crippen molar-refractivity contribution >= 4 is 27.5 Å². The summed E-state index contributed by atoms with van der Waals surface area (Å²) < 4.78 is 37.7. The van der Waals surface area contributed by atoms with Gasteiger partial charge in [0.1, 0.15) is 29.0 Å². The zero-order chi connectivity index (χ0) is 28.1. The molecule has 3 unspecified atom stereocenters. The van der Waals surface area contributed by atoms with Crippen LogP contribution in [0, 0.1) is 17.6 Å². The van der Waals surface area contributed by atoms with Gasteiger partial charge in [-0.05, 0) is 50.2 Å². The highest BCUT2D eigenvalue weighted by Gasteiger charge is 2.45. The highest BCUT2D eigenvalue weighted by atomic mass is 19.1. The van der Waals surface area contributed by atoms with E-state index < -0.39 is 17.7 Å². The minimum atomic E-state index is -0.663. The van der Waals surface area contributed by atoms with Crippen LogP contribution in [-0.2, 0) is 0 Å². The van der Waals surface area contributed by atoms with Crippen LogP contribution in [0.15, 0.2) is 42.6 Å². The van der Waals surface area contributed by atoms with E-state index in [2.05, 4.69) is 14.9 Å². The first-order valence-corrected chi connectivity index (χ1v) is 14.5. The van der Waals surface area contributed by atoms with Crippen molar-refractivity contribution in [1.29, 1.82) is 0 Å². The van der Waals surface area contributed by atoms with Crippen LogP contribution >= 0.6 is 0 Å². The summed E-state index contributed by atoms with van der Waals surface area (Å²) in [6.07, 6.45) is 5.77. The average Bonchev–Trinajstić information content (AvgIpc) is 3.57. The molecule has 3 aliphatic heterocycles. The number of fused-ring (bicyclic) bond motifs is 3. The Hall–Kier alpha value is -3.31. The number of nitrogens with one attached hydrogen (secondary N) is 1. The predicted octanol–water partition coefficient (Wildman–Crippen LogP) is 3.02. The van der Waals surface area contributed by atoms with E-state index in [9.17, 15) is 14.6 Å². The molecule has 0 spiro atoms. The van der Waals surface area contributed by atoms with Crippen LogP contribution in [0.25, 0.3) is 32.9 Å². The summed E-state index contributed by atoms with van der Waals surface area (Å²) in [6.45, 7) is 3.37. The van der Waals surface area contributed by atoms with Gasteiger partial charge in [0.05, 0.1) is 37.3 Å². The predicted molar refractivity (Wildman–Crippen MR) is 150 cm³/mol. The molecule has 0 radical (unpaired) electrons. The quantitative estimate of drug-likeness (QED) is 0.333. The highest BCUT2D eigenvalue weighted by molar-refractivity contribution is 5.98. The Morgan fingerprint density at radius 3 is 2.63 bits per heavy atom. The van der Waals surface area contributed by atoms with E-state index in [0.29, 0.717) is 53.7 Å². The minimum Gasteiger partial charge on any atom is -0.461 e. The van der Waals surface area contributed by atoms with E-state index in [1.54, 1.807) is 36.5 Å². The van der Waals surface area contributed by atoms with Gasteiger partial charge in [-0.25, -0.2) is 8.78 Å². The number of rotatable bonds is 6. The van der Waals surface area contributed by atoms with Crippen LogP contribution in [0.1, 0.15) is 32.1 Å². The molecule has 5 heterocycles. The topological polar surface area (TPSA) is 96.0 Å². The Balaban J connectivity index is 1.35. The van der Waals surface area contributed by atoms with Gasteiger partial charge in [-0.2, -0.15) is 4.98 Å². The summed E-state index contributed by atoms with van der Waals surface area (Å²) in [7, 11) is 0. The van der Waals surface area contributed by atoms with Gasteiger partial charge in [0, 0.05) is 23.6 Å². The summed E-state index contributed by atoms with van der Waals surface area (Å²) >= 11 is 0. The number of aliphatic hydroxyl groups is 2. The van der Waals surface area contributed by atoms with Crippen molar-refractivity contribution in [3.63, 3.8) is 0 Å². The fourth-order valence-electron chi connectivity index (χ4n) is 7.22. The van der Waals surface area contributed by atoms with E-state index in [4.69, 9.17) is 9.72 Å². The first-order chi connectivity index (χ1) is 20.0. The Kier molecular flexibility index (Phi) is 6.81. The van der Waals surface area contributed by atoms with Crippen molar-refractivity contribution in [3.05, 3.63) is 54.2 Å². The second kappa shape index (κ2) is 10.5. The molecule has 0 aliphatic carbocycles. The van der Waals surface area contributed by atoms with Crippen molar-refractivity contribution in [2.75, 3.05) is 39.4 Å². The maximum atomic E-state index is 16.5. The van der Waals surface area contributed by atoms with Gasteiger partial charge in [-0.1, -0.05) is 30.3 Å². The molecule has 4 aromatic rings. The molecular formula is C31H34F2N5O3+. The second-order valence-electron chi connectivity index (χ2n) is 11.7. The fourth-order valence-corrected chi connectivity index (χ4v) is 7.22. The number of hydrogen-bond donors (Lipinski definition) is 3. The van der Waals surface area contributed by atoms with E-state index in [1.807, 2.05) is 0 Å². The number of quaternary nitrogens is 1. The van der Waals surface area contributed by atoms with Crippen molar-refractivity contribution in [2.24, 2.45) is 5.92 Å². The lowest BCUT2D eigenvalue weighted by atomic mass is 9.95. The summed E-state index contributed by atoms with van der Waals surface area (Å²) in [4.78, 5) is 17.2. The average molecular weight is 563 g/mol. The Labute approximate surface area is 236 Å². The zero-order valence-corrected chi connectivity index (χ0v) is 22.8. The molecule has 3 saturated heterocycles. The molecule has 214 valence electrons. The van der Waals surface area contributed by atoms with E-state index >= 15 is 4.39 Å². The largest absolute Gasteiger partial charge is 0.461 e. The summed E-state index contributed by atoms with van der Waals surface area (Å²) in [5.41, 5.74) is 0.389. The molecule has 3 fully saturated rings. The van der Waals surface area contributed by atoms with Crippen LogP contribution in [0.2, 0.25) is 0 Å². The molecule has 41 heavy (non-hydrogen) atoms. The van der Waals surface area contributed by atoms with Gasteiger partial charge in [0.25, 0.3) is 0 Å². The number of nitrogens with zero attached hydrogens (tertiary/aromatic N) is 4. The molecule has 2 aromatic carbocycles. The number of aliphatic hydroxyl groups excluding tert-OH is 2. The van der Waals surface area contributed by atoms with Gasteiger partial charge >= 0.3 is 6.01 Å². The molecule has 0 saturated carbocycles. The van der Waals surface area contributed by atoms with Crippen LogP contribution in [-0.4, -0.2) is 81.1 Å². The Morgan fingerprint density at radius 1 is 1.07 bits per heavy atom. The number of benzene rings is 2. The second-order valence-corrected chi connectivity index (χ2v) is 11.7. The van der Waals surface area contributed by atoms with Crippen LogP contribution < -0.4 is 9.64 Å². The molecule has 8 nitrogen and oxygen atoms in total. The van der Waals surface area contributed by atoms with Crippen molar-refractivity contribution < 1.29 is 28.6 Å². The number of ether oxygens (including phenoxy) is 1.